The van der Waals surface area contributed by atoms with Gasteiger partial charge in [0, 0.05) is 32.4 Å². The number of hydrogen-bond donors (Lipinski definition) is 2. The van der Waals surface area contributed by atoms with Gasteiger partial charge >= 0.3 is 0 Å². The van der Waals surface area contributed by atoms with Gasteiger partial charge in [0.1, 0.15) is 18.3 Å². The molecule has 1 unspecified atom stereocenters. The molecule has 2 N–H and O–H groups in total. The Morgan fingerprint density at radius 1 is 1.30 bits per heavy atom. The largest absolute Gasteiger partial charge is 0.364 e. The number of halogens is 1. The van der Waals surface area contributed by atoms with Gasteiger partial charge in [0.05, 0.1) is 17.6 Å². The predicted molar refractivity (Wildman–Crippen MR) is 106 cm³/mol. The van der Waals surface area contributed by atoms with Crippen LogP contribution in [0.2, 0.25) is 0 Å². The average Bonchev–Trinajstić information content (AvgIpc) is 2.94. The van der Waals surface area contributed by atoms with Crippen molar-refractivity contribution in [3.8, 4) is 0 Å². The molecule has 0 amide bonds. The van der Waals surface area contributed by atoms with Crippen molar-refractivity contribution in [1.82, 2.24) is 20.2 Å². The van der Waals surface area contributed by atoms with Gasteiger partial charge in [-0.2, -0.15) is 5.10 Å². The van der Waals surface area contributed by atoms with Gasteiger partial charge in [-0.05, 0) is 36.8 Å². The molecule has 0 bridgehead atoms. The molecule has 2 heterocycles. The number of hydrogen-bond acceptors (Lipinski definition) is 6. The molecule has 7 heteroatoms. The minimum Gasteiger partial charge on any atom is -0.364 e. The number of benzene rings is 1. The van der Waals surface area contributed by atoms with Crippen LogP contribution in [0.25, 0.3) is 0 Å². The zero-order chi connectivity index (χ0) is 19.4. The molecule has 2 aromatic rings. The van der Waals surface area contributed by atoms with Crippen LogP contribution in [0.3, 0.4) is 0 Å². The second kappa shape index (κ2) is 8.07. The fourth-order valence-corrected chi connectivity index (χ4v) is 3.04. The summed E-state index contributed by atoms with van der Waals surface area (Å²) in [6, 6.07) is 10.3. The summed E-state index contributed by atoms with van der Waals surface area (Å²) < 4.78 is 13.4. The van der Waals surface area contributed by atoms with E-state index in [1.165, 1.54) is 12.1 Å². The minimum atomic E-state index is -0.295. The van der Waals surface area contributed by atoms with E-state index in [-0.39, 0.29) is 18.0 Å². The molecule has 1 aliphatic rings. The highest BCUT2D eigenvalue weighted by Crippen LogP contribution is 2.24. The number of aryl methyl sites for hydroxylation is 1. The highest BCUT2D eigenvalue weighted by atomic mass is 19.1. The highest BCUT2D eigenvalue weighted by molar-refractivity contribution is 5.56. The Balaban J connectivity index is 1.74. The number of hydrazone groups is 1. The lowest BCUT2D eigenvalue weighted by Crippen LogP contribution is -2.39. The normalized spacial score (nSPS) is 17.1. The van der Waals surface area contributed by atoms with E-state index in [9.17, 15) is 4.39 Å². The van der Waals surface area contributed by atoms with E-state index in [1.807, 2.05) is 50.7 Å². The van der Waals surface area contributed by atoms with Crippen molar-refractivity contribution in [1.29, 1.82) is 0 Å². The van der Waals surface area contributed by atoms with Gasteiger partial charge in [-0.25, -0.2) is 4.39 Å². The molecule has 0 saturated heterocycles. The first-order valence-corrected chi connectivity index (χ1v) is 8.82. The Kier molecular flexibility index (Phi) is 5.59. The molecular formula is C20H25FN6. The molecule has 0 saturated carbocycles. The van der Waals surface area contributed by atoms with E-state index >= 15 is 0 Å². The van der Waals surface area contributed by atoms with Crippen molar-refractivity contribution in [3.63, 3.8) is 0 Å². The molecule has 2 atom stereocenters. The van der Waals surface area contributed by atoms with E-state index in [0.29, 0.717) is 11.5 Å². The van der Waals surface area contributed by atoms with E-state index in [2.05, 4.69) is 32.2 Å². The third-order valence-corrected chi connectivity index (χ3v) is 4.52. The SMILES string of the molecule is C=C(Nc1cccc(F)c1)N[C@H](CC1N(C)C=NN1C)c1ccc(C)cn1. The van der Waals surface area contributed by atoms with Crippen molar-refractivity contribution >= 4 is 12.0 Å². The summed E-state index contributed by atoms with van der Waals surface area (Å²) in [7, 11) is 3.95. The maximum absolute atomic E-state index is 13.4. The van der Waals surface area contributed by atoms with Crippen LogP contribution >= 0.6 is 0 Å². The molecule has 0 fully saturated rings. The standard InChI is InChI=1S/C20H25FN6/c1-14-8-9-18(22-12-14)19(11-20-26(3)13-23-27(20)4)25-15(2)24-17-7-5-6-16(21)10-17/h5-10,12-13,19-20,24-25H,2,11H2,1,3-4H3/t19-,20?/m1/s1. The van der Waals surface area contributed by atoms with Crippen LogP contribution < -0.4 is 10.6 Å². The van der Waals surface area contributed by atoms with Gasteiger partial charge in [-0.3, -0.25) is 9.99 Å². The first-order valence-electron chi connectivity index (χ1n) is 8.82. The summed E-state index contributed by atoms with van der Waals surface area (Å²) in [5.74, 6) is 0.285. The monoisotopic (exact) mass is 368 g/mol. The molecule has 0 spiro atoms. The Bertz CT molecular complexity index is 807. The number of pyridine rings is 1. The summed E-state index contributed by atoms with van der Waals surface area (Å²) in [5.41, 5.74) is 2.66. The molecule has 0 aliphatic carbocycles. The van der Waals surface area contributed by atoms with Crippen LogP contribution in [0.4, 0.5) is 10.1 Å². The second-order valence-corrected chi connectivity index (χ2v) is 6.76. The maximum atomic E-state index is 13.4. The van der Waals surface area contributed by atoms with Crippen LogP contribution in [0, 0.1) is 12.7 Å². The highest BCUT2D eigenvalue weighted by Gasteiger charge is 2.27. The first-order chi connectivity index (χ1) is 12.9. The number of anilines is 1. The molecule has 3 rings (SSSR count). The predicted octanol–water partition coefficient (Wildman–Crippen LogP) is 3.28. The van der Waals surface area contributed by atoms with Gasteiger partial charge in [0.25, 0.3) is 0 Å². The van der Waals surface area contributed by atoms with E-state index in [4.69, 9.17) is 0 Å². The van der Waals surface area contributed by atoms with Gasteiger partial charge in [0.15, 0.2) is 0 Å². The first kappa shape index (κ1) is 18.7. The van der Waals surface area contributed by atoms with Crippen LogP contribution in [-0.4, -0.2) is 41.5 Å². The van der Waals surface area contributed by atoms with Crippen LogP contribution in [0.5, 0.6) is 0 Å². The zero-order valence-electron chi connectivity index (χ0n) is 15.9. The summed E-state index contributed by atoms with van der Waals surface area (Å²) in [6.45, 7) is 6.05. The Morgan fingerprint density at radius 2 is 2.11 bits per heavy atom. The Hall–Kier alpha value is -3.09. The maximum Gasteiger partial charge on any atom is 0.125 e. The van der Waals surface area contributed by atoms with E-state index in [0.717, 1.165) is 17.7 Å². The van der Waals surface area contributed by atoms with Gasteiger partial charge < -0.3 is 15.5 Å². The quantitative estimate of drug-likeness (QED) is 0.786. The van der Waals surface area contributed by atoms with Crippen LogP contribution in [0.1, 0.15) is 23.7 Å². The molecule has 27 heavy (non-hydrogen) atoms. The zero-order valence-corrected chi connectivity index (χ0v) is 15.9. The second-order valence-electron chi connectivity index (χ2n) is 6.76. The van der Waals surface area contributed by atoms with Gasteiger partial charge in [-0.15, -0.1) is 0 Å². The number of nitrogens with one attached hydrogen (secondary N) is 2. The van der Waals surface area contributed by atoms with Crippen molar-refractivity contribution < 1.29 is 4.39 Å². The van der Waals surface area contributed by atoms with E-state index < -0.39 is 0 Å². The lowest BCUT2D eigenvalue weighted by molar-refractivity contribution is 0.155. The average molecular weight is 368 g/mol. The lowest BCUT2D eigenvalue weighted by atomic mass is 10.1. The molecule has 1 aromatic heterocycles. The molecule has 1 aromatic carbocycles. The van der Waals surface area contributed by atoms with Crippen molar-refractivity contribution in [2.24, 2.45) is 5.10 Å². The molecule has 6 nitrogen and oxygen atoms in total. The Morgan fingerprint density at radius 3 is 2.74 bits per heavy atom. The molecule has 142 valence electrons. The van der Waals surface area contributed by atoms with E-state index in [1.54, 1.807) is 12.1 Å². The van der Waals surface area contributed by atoms with Gasteiger partial charge in [-0.1, -0.05) is 18.7 Å². The van der Waals surface area contributed by atoms with Crippen molar-refractivity contribution in [3.05, 3.63) is 72.1 Å². The van der Waals surface area contributed by atoms with Gasteiger partial charge in [0.2, 0.25) is 0 Å². The molecule has 1 aliphatic heterocycles. The third-order valence-electron chi connectivity index (χ3n) is 4.52. The smallest absolute Gasteiger partial charge is 0.125 e. The number of aromatic nitrogens is 1. The number of nitrogens with zero attached hydrogens (tertiary/aromatic N) is 4. The van der Waals surface area contributed by atoms with Crippen molar-refractivity contribution in [2.75, 3.05) is 19.4 Å². The lowest BCUT2D eigenvalue weighted by Gasteiger charge is -2.30. The third kappa shape index (κ3) is 4.75. The summed E-state index contributed by atoms with van der Waals surface area (Å²) in [5, 5.41) is 12.7. The van der Waals surface area contributed by atoms with Crippen molar-refractivity contribution in [2.45, 2.75) is 25.6 Å². The van der Waals surface area contributed by atoms with Crippen LogP contribution in [0.15, 0.2) is 60.1 Å². The fourth-order valence-electron chi connectivity index (χ4n) is 3.04. The summed E-state index contributed by atoms with van der Waals surface area (Å²) in [6.07, 6.45) is 4.51. The summed E-state index contributed by atoms with van der Waals surface area (Å²) >= 11 is 0. The molecule has 0 radical (unpaired) electrons. The fraction of sp³-hybridized carbons (Fsp3) is 0.300. The topological polar surface area (TPSA) is 55.8 Å². The minimum absolute atomic E-state index is 0.0873. The summed E-state index contributed by atoms with van der Waals surface area (Å²) in [4.78, 5) is 6.64. The number of rotatable bonds is 7. The molecular weight excluding hydrogens is 343 g/mol. The van der Waals surface area contributed by atoms with Crippen LogP contribution in [-0.2, 0) is 0 Å². The Labute approximate surface area is 159 Å².